The van der Waals surface area contributed by atoms with Gasteiger partial charge in [0.25, 0.3) is 0 Å². The van der Waals surface area contributed by atoms with Gasteiger partial charge in [-0.2, -0.15) is 0 Å². The highest BCUT2D eigenvalue weighted by Crippen LogP contribution is 2.18. The zero-order chi connectivity index (χ0) is 13.8. The predicted molar refractivity (Wildman–Crippen MR) is 71.5 cm³/mol. The molecule has 19 heavy (non-hydrogen) atoms. The molecular formula is C13H22N4O2. The third-order valence-corrected chi connectivity index (χ3v) is 3.41. The van der Waals surface area contributed by atoms with Crippen molar-refractivity contribution in [3.63, 3.8) is 0 Å². The van der Waals surface area contributed by atoms with Crippen LogP contribution in [-0.4, -0.2) is 34.7 Å². The number of rotatable bonds is 6. The molecule has 0 saturated carbocycles. The fourth-order valence-corrected chi connectivity index (χ4v) is 2.38. The first-order chi connectivity index (χ1) is 9.09. The maximum atomic E-state index is 11.7. The highest BCUT2D eigenvalue weighted by molar-refractivity contribution is 5.80. The number of carbonyl (C=O) groups excluding carboxylic acids is 1. The number of hydrogen-bond acceptors (Lipinski definition) is 4. The van der Waals surface area contributed by atoms with Crippen LogP contribution in [0.15, 0.2) is 12.5 Å². The minimum Gasteiger partial charge on any atom is -0.377 e. The molecule has 1 aliphatic rings. The van der Waals surface area contributed by atoms with Gasteiger partial charge in [0, 0.05) is 19.2 Å². The average molecular weight is 266 g/mol. The average Bonchev–Trinajstić information content (AvgIpc) is 2.98. The number of primary amides is 1. The third kappa shape index (κ3) is 3.33. The van der Waals surface area contributed by atoms with Crippen LogP contribution in [0.3, 0.4) is 0 Å². The Hall–Kier alpha value is -1.40. The van der Waals surface area contributed by atoms with Crippen molar-refractivity contribution < 1.29 is 9.53 Å². The van der Waals surface area contributed by atoms with Crippen LogP contribution < -0.4 is 11.1 Å². The van der Waals surface area contributed by atoms with Crippen LogP contribution in [0.1, 0.15) is 44.5 Å². The Labute approximate surface area is 113 Å². The number of amides is 1. The predicted octanol–water partition coefficient (Wildman–Crippen LogP) is 0.759. The molecule has 0 spiro atoms. The monoisotopic (exact) mass is 266 g/mol. The Kier molecular flexibility index (Phi) is 4.55. The number of imidazole rings is 1. The van der Waals surface area contributed by atoms with Crippen LogP contribution in [0, 0.1) is 0 Å². The van der Waals surface area contributed by atoms with Crippen molar-refractivity contribution in [2.24, 2.45) is 5.73 Å². The second-order valence-corrected chi connectivity index (χ2v) is 5.20. The van der Waals surface area contributed by atoms with Gasteiger partial charge in [-0.05, 0) is 26.7 Å². The van der Waals surface area contributed by atoms with E-state index in [4.69, 9.17) is 10.5 Å². The first-order valence-electron chi connectivity index (χ1n) is 6.75. The fourth-order valence-electron chi connectivity index (χ4n) is 2.38. The largest absolute Gasteiger partial charge is 0.377 e. The van der Waals surface area contributed by atoms with Crippen molar-refractivity contribution in [3.8, 4) is 0 Å². The number of nitrogens with two attached hydrogens (primary N) is 1. The lowest BCUT2D eigenvalue weighted by Crippen LogP contribution is -2.39. The molecule has 2 rings (SSSR count). The van der Waals surface area contributed by atoms with Gasteiger partial charge in [-0.15, -0.1) is 0 Å². The second kappa shape index (κ2) is 6.16. The fraction of sp³-hybridized carbons (Fsp3) is 0.692. The molecule has 1 aromatic rings. The van der Waals surface area contributed by atoms with Crippen LogP contribution in [-0.2, 0) is 9.53 Å². The van der Waals surface area contributed by atoms with Gasteiger partial charge < -0.3 is 15.0 Å². The van der Waals surface area contributed by atoms with E-state index < -0.39 is 6.04 Å². The Bertz CT molecular complexity index is 424. The molecule has 0 radical (unpaired) electrons. The summed E-state index contributed by atoms with van der Waals surface area (Å²) in [6.45, 7) is 5.53. The molecule has 0 aliphatic carbocycles. The van der Waals surface area contributed by atoms with E-state index in [1.807, 2.05) is 18.4 Å². The standard InChI is InChI=1S/C13H22N4O2/c1-9(2)17-8-15-7-11(17)12(13(14)18)16-6-10-4-3-5-19-10/h7-10,12,16H,3-6H2,1-2H3,(H2,14,18). The van der Waals surface area contributed by atoms with E-state index in [2.05, 4.69) is 10.3 Å². The first kappa shape index (κ1) is 14.0. The van der Waals surface area contributed by atoms with Gasteiger partial charge in [0.05, 0.1) is 24.3 Å². The summed E-state index contributed by atoms with van der Waals surface area (Å²) in [5, 5.41) is 3.20. The highest BCUT2D eigenvalue weighted by Gasteiger charge is 2.24. The van der Waals surface area contributed by atoms with Gasteiger partial charge in [-0.25, -0.2) is 4.98 Å². The SMILES string of the molecule is CC(C)n1cncc1C(NCC1CCCO1)C(N)=O. The lowest BCUT2D eigenvalue weighted by molar-refractivity contribution is -0.120. The van der Waals surface area contributed by atoms with E-state index in [-0.39, 0.29) is 18.1 Å². The molecule has 2 heterocycles. The molecule has 1 amide bonds. The lowest BCUT2D eigenvalue weighted by atomic mass is 10.1. The number of nitrogens with zero attached hydrogens (tertiary/aromatic N) is 2. The molecule has 0 bridgehead atoms. The van der Waals surface area contributed by atoms with Crippen molar-refractivity contribution in [2.75, 3.05) is 13.2 Å². The molecule has 3 N–H and O–H groups in total. The Morgan fingerprint density at radius 2 is 2.47 bits per heavy atom. The van der Waals surface area contributed by atoms with Crippen LogP contribution in [0.5, 0.6) is 0 Å². The van der Waals surface area contributed by atoms with Crippen LogP contribution >= 0.6 is 0 Å². The number of hydrogen-bond donors (Lipinski definition) is 2. The molecule has 1 fully saturated rings. The molecule has 1 aromatic heterocycles. The summed E-state index contributed by atoms with van der Waals surface area (Å²) in [7, 11) is 0. The summed E-state index contributed by atoms with van der Waals surface area (Å²) >= 11 is 0. The van der Waals surface area contributed by atoms with Crippen LogP contribution in [0.2, 0.25) is 0 Å². The molecule has 2 unspecified atom stereocenters. The quantitative estimate of drug-likeness (QED) is 0.796. The molecule has 6 nitrogen and oxygen atoms in total. The summed E-state index contributed by atoms with van der Waals surface area (Å²) in [5.41, 5.74) is 6.30. The zero-order valence-corrected chi connectivity index (χ0v) is 11.5. The lowest BCUT2D eigenvalue weighted by Gasteiger charge is -2.21. The molecule has 0 aromatic carbocycles. The molecule has 1 aliphatic heterocycles. The summed E-state index contributed by atoms with van der Waals surface area (Å²) in [5.74, 6) is -0.389. The van der Waals surface area contributed by atoms with E-state index in [0.717, 1.165) is 25.1 Å². The summed E-state index contributed by atoms with van der Waals surface area (Å²) < 4.78 is 7.50. The maximum Gasteiger partial charge on any atom is 0.240 e. The van der Waals surface area contributed by atoms with E-state index >= 15 is 0 Å². The molecule has 6 heteroatoms. The number of aromatic nitrogens is 2. The van der Waals surface area contributed by atoms with Crippen LogP contribution in [0.4, 0.5) is 0 Å². The number of nitrogens with one attached hydrogen (secondary N) is 1. The third-order valence-electron chi connectivity index (χ3n) is 3.41. The van der Waals surface area contributed by atoms with Gasteiger partial charge in [0.15, 0.2) is 0 Å². The summed E-state index contributed by atoms with van der Waals surface area (Å²) in [4.78, 5) is 15.8. The highest BCUT2D eigenvalue weighted by atomic mass is 16.5. The zero-order valence-electron chi connectivity index (χ0n) is 11.5. The van der Waals surface area contributed by atoms with E-state index in [0.29, 0.717) is 6.54 Å². The van der Waals surface area contributed by atoms with E-state index in [9.17, 15) is 4.79 Å². The maximum absolute atomic E-state index is 11.7. The summed E-state index contributed by atoms with van der Waals surface area (Å²) in [6.07, 6.45) is 5.71. The van der Waals surface area contributed by atoms with E-state index in [1.54, 1.807) is 12.5 Å². The van der Waals surface area contributed by atoms with Gasteiger partial charge in [0.2, 0.25) is 5.91 Å². The Balaban J connectivity index is 2.06. The van der Waals surface area contributed by atoms with Crippen LogP contribution in [0.25, 0.3) is 0 Å². The molecule has 2 atom stereocenters. The van der Waals surface area contributed by atoms with Gasteiger partial charge in [0.1, 0.15) is 6.04 Å². The second-order valence-electron chi connectivity index (χ2n) is 5.20. The Morgan fingerprint density at radius 3 is 3.05 bits per heavy atom. The van der Waals surface area contributed by atoms with E-state index in [1.165, 1.54) is 0 Å². The van der Waals surface area contributed by atoms with Gasteiger partial charge in [-0.1, -0.05) is 0 Å². The minimum absolute atomic E-state index is 0.178. The van der Waals surface area contributed by atoms with Crippen molar-refractivity contribution in [1.82, 2.24) is 14.9 Å². The smallest absolute Gasteiger partial charge is 0.240 e. The number of carbonyl (C=O) groups is 1. The molecular weight excluding hydrogens is 244 g/mol. The van der Waals surface area contributed by atoms with Crippen molar-refractivity contribution in [2.45, 2.75) is 44.9 Å². The van der Waals surface area contributed by atoms with Gasteiger partial charge in [-0.3, -0.25) is 10.1 Å². The normalized spacial score (nSPS) is 20.9. The van der Waals surface area contributed by atoms with Crippen molar-refractivity contribution >= 4 is 5.91 Å². The molecule has 106 valence electrons. The number of ether oxygens (including phenoxy) is 1. The topological polar surface area (TPSA) is 82.2 Å². The first-order valence-corrected chi connectivity index (χ1v) is 6.75. The minimum atomic E-state index is -0.519. The van der Waals surface area contributed by atoms with Crippen molar-refractivity contribution in [1.29, 1.82) is 0 Å². The summed E-state index contributed by atoms with van der Waals surface area (Å²) in [6, 6.07) is -0.280. The van der Waals surface area contributed by atoms with Crippen molar-refractivity contribution in [3.05, 3.63) is 18.2 Å². The van der Waals surface area contributed by atoms with Gasteiger partial charge >= 0.3 is 0 Å². The Morgan fingerprint density at radius 1 is 1.68 bits per heavy atom. The molecule has 1 saturated heterocycles.